The molecule has 0 saturated heterocycles. The number of rotatable bonds is 2. The molecule has 1 aromatic heterocycles. The number of imidazole rings is 1. The molecule has 0 fully saturated rings. The molecule has 0 atom stereocenters. The maximum atomic E-state index is 11.4. The van der Waals surface area contributed by atoms with E-state index >= 15 is 0 Å². The zero-order chi connectivity index (χ0) is 10.1. The Hall–Kier alpha value is -1.71. The van der Waals surface area contributed by atoms with Crippen LogP contribution in [0.1, 0.15) is 6.92 Å². The average molecular weight is 192 g/mol. The summed E-state index contributed by atoms with van der Waals surface area (Å²) in [7, 11) is 1.61. The topological polar surface area (TPSA) is 47.0 Å². The number of aromatic nitrogens is 2. The number of hydrogen-bond acceptors (Lipinski definition) is 2. The van der Waals surface area contributed by atoms with Crippen molar-refractivity contribution in [3.8, 4) is 5.75 Å². The molecule has 0 aliphatic carbocycles. The molecule has 1 N–H and O–H groups in total. The van der Waals surface area contributed by atoms with Crippen molar-refractivity contribution in [3.05, 3.63) is 28.7 Å². The summed E-state index contributed by atoms with van der Waals surface area (Å²) in [4.78, 5) is 14.2. The summed E-state index contributed by atoms with van der Waals surface area (Å²) in [6.07, 6.45) is 0. The Morgan fingerprint density at radius 3 is 2.93 bits per heavy atom. The van der Waals surface area contributed by atoms with Crippen molar-refractivity contribution in [1.29, 1.82) is 0 Å². The van der Waals surface area contributed by atoms with Crippen LogP contribution in [0, 0.1) is 0 Å². The third-order valence-corrected chi connectivity index (χ3v) is 2.30. The highest BCUT2D eigenvalue weighted by atomic mass is 16.5. The molecule has 0 amide bonds. The van der Waals surface area contributed by atoms with Gasteiger partial charge in [-0.05, 0) is 19.1 Å². The minimum Gasteiger partial charge on any atom is -0.497 e. The molecule has 0 bridgehead atoms. The molecule has 0 aliphatic heterocycles. The van der Waals surface area contributed by atoms with Gasteiger partial charge in [-0.25, -0.2) is 4.79 Å². The lowest BCUT2D eigenvalue weighted by molar-refractivity contribution is 0.415. The van der Waals surface area contributed by atoms with E-state index in [0.29, 0.717) is 6.54 Å². The summed E-state index contributed by atoms with van der Waals surface area (Å²) >= 11 is 0. The molecule has 4 heteroatoms. The SMILES string of the molecule is CCn1c(=O)[nH]c2ccc(OC)cc21. The Labute approximate surface area is 81.1 Å². The molecule has 0 spiro atoms. The lowest BCUT2D eigenvalue weighted by atomic mass is 10.3. The fourth-order valence-electron chi connectivity index (χ4n) is 1.57. The van der Waals surface area contributed by atoms with Crippen molar-refractivity contribution in [2.45, 2.75) is 13.5 Å². The number of hydrogen-bond donors (Lipinski definition) is 1. The predicted octanol–water partition coefficient (Wildman–Crippen LogP) is 1.36. The van der Waals surface area contributed by atoms with Gasteiger partial charge >= 0.3 is 5.69 Å². The summed E-state index contributed by atoms with van der Waals surface area (Å²) < 4.78 is 6.78. The Morgan fingerprint density at radius 2 is 2.29 bits per heavy atom. The standard InChI is InChI=1S/C10H12N2O2/c1-3-12-9-6-7(14-2)4-5-8(9)11-10(12)13/h4-6H,3H2,1-2H3,(H,11,13). The van der Waals surface area contributed by atoms with Crippen LogP contribution in [-0.4, -0.2) is 16.7 Å². The van der Waals surface area contributed by atoms with Crippen molar-refractivity contribution in [2.75, 3.05) is 7.11 Å². The predicted molar refractivity (Wildman–Crippen MR) is 54.8 cm³/mol. The second kappa shape index (κ2) is 3.21. The van der Waals surface area contributed by atoms with Crippen molar-refractivity contribution < 1.29 is 4.74 Å². The van der Waals surface area contributed by atoms with Gasteiger partial charge in [-0.2, -0.15) is 0 Å². The largest absolute Gasteiger partial charge is 0.497 e. The van der Waals surface area contributed by atoms with Gasteiger partial charge in [0, 0.05) is 12.6 Å². The van der Waals surface area contributed by atoms with Gasteiger partial charge < -0.3 is 9.72 Å². The minimum absolute atomic E-state index is 0.0734. The number of ether oxygens (including phenoxy) is 1. The van der Waals surface area contributed by atoms with Crippen LogP contribution in [0.2, 0.25) is 0 Å². The summed E-state index contributed by atoms with van der Waals surface area (Å²) in [5.41, 5.74) is 1.66. The van der Waals surface area contributed by atoms with Gasteiger partial charge in [0.1, 0.15) is 5.75 Å². The number of methoxy groups -OCH3 is 1. The van der Waals surface area contributed by atoms with E-state index in [1.54, 1.807) is 11.7 Å². The first-order chi connectivity index (χ1) is 6.76. The maximum absolute atomic E-state index is 11.4. The third-order valence-electron chi connectivity index (χ3n) is 2.30. The van der Waals surface area contributed by atoms with Crippen LogP contribution in [-0.2, 0) is 6.54 Å². The van der Waals surface area contributed by atoms with Crippen LogP contribution >= 0.6 is 0 Å². The number of fused-ring (bicyclic) bond motifs is 1. The maximum Gasteiger partial charge on any atom is 0.326 e. The quantitative estimate of drug-likeness (QED) is 0.780. The second-order valence-electron chi connectivity index (χ2n) is 3.06. The molecule has 2 rings (SSSR count). The van der Waals surface area contributed by atoms with E-state index in [4.69, 9.17) is 4.74 Å². The van der Waals surface area contributed by atoms with Crippen molar-refractivity contribution in [3.63, 3.8) is 0 Å². The molecule has 4 nitrogen and oxygen atoms in total. The first-order valence-corrected chi connectivity index (χ1v) is 4.53. The van der Waals surface area contributed by atoms with Crippen molar-refractivity contribution in [1.82, 2.24) is 9.55 Å². The molecule has 74 valence electrons. The molecular formula is C10H12N2O2. The second-order valence-corrected chi connectivity index (χ2v) is 3.06. The minimum atomic E-state index is -0.0734. The molecule has 0 saturated carbocycles. The van der Waals surface area contributed by atoms with E-state index in [1.807, 2.05) is 25.1 Å². The van der Waals surface area contributed by atoms with Gasteiger partial charge in [0.2, 0.25) is 0 Å². The molecule has 2 aromatic rings. The Kier molecular flexibility index (Phi) is 2.04. The smallest absolute Gasteiger partial charge is 0.326 e. The summed E-state index contributed by atoms with van der Waals surface area (Å²) in [5.74, 6) is 0.763. The van der Waals surface area contributed by atoms with Crippen LogP contribution in [0.3, 0.4) is 0 Å². The number of nitrogens with zero attached hydrogens (tertiary/aromatic N) is 1. The van der Waals surface area contributed by atoms with Crippen LogP contribution in [0.5, 0.6) is 5.75 Å². The van der Waals surface area contributed by atoms with Gasteiger partial charge in [0.25, 0.3) is 0 Å². The van der Waals surface area contributed by atoms with E-state index in [0.717, 1.165) is 16.8 Å². The average Bonchev–Trinajstić information content (AvgIpc) is 2.52. The fourth-order valence-corrected chi connectivity index (χ4v) is 1.57. The number of H-pyrrole nitrogens is 1. The van der Waals surface area contributed by atoms with Gasteiger partial charge in [-0.3, -0.25) is 4.57 Å². The summed E-state index contributed by atoms with van der Waals surface area (Å²) in [6.45, 7) is 2.60. The van der Waals surface area contributed by atoms with Crippen LogP contribution in [0.15, 0.2) is 23.0 Å². The van der Waals surface area contributed by atoms with Crippen LogP contribution < -0.4 is 10.4 Å². The zero-order valence-corrected chi connectivity index (χ0v) is 8.20. The monoisotopic (exact) mass is 192 g/mol. The van der Waals surface area contributed by atoms with Gasteiger partial charge in [-0.1, -0.05) is 0 Å². The molecule has 0 unspecified atom stereocenters. The van der Waals surface area contributed by atoms with Crippen molar-refractivity contribution >= 4 is 11.0 Å². The van der Waals surface area contributed by atoms with Crippen molar-refractivity contribution in [2.24, 2.45) is 0 Å². The fraction of sp³-hybridized carbons (Fsp3) is 0.300. The molecule has 1 aromatic carbocycles. The first kappa shape index (κ1) is 8.87. The molecular weight excluding hydrogens is 180 g/mol. The zero-order valence-electron chi connectivity index (χ0n) is 8.20. The lowest BCUT2D eigenvalue weighted by Gasteiger charge is -2.01. The third kappa shape index (κ3) is 1.19. The number of aryl methyl sites for hydroxylation is 1. The Bertz CT molecular complexity index is 510. The Balaban J connectivity index is 2.77. The van der Waals surface area contributed by atoms with E-state index in [9.17, 15) is 4.79 Å². The molecule has 0 aliphatic rings. The van der Waals surface area contributed by atoms with Gasteiger partial charge in [-0.15, -0.1) is 0 Å². The van der Waals surface area contributed by atoms with E-state index in [2.05, 4.69) is 4.98 Å². The number of aromatic amines is 1. The number of benzene rings is 1. The Morgan fingerprint density at radius 1 is 1.50 bits per heavy atom. The lowest BCUT2D eigenvalue weighted by Crippen LogP contribution is -2.14. The normalized spacial score (nSPS) is 10.7. The van der Waals surface area contributed by atoms with Crippen LogP contribution in [0.4, 0.5) is 0 Å². The van der Waals surface area contributed by atoms with E-state index in [1.165, 1.54) is 0 Å². The highest BCUT2D eigenvalue weighted by Crippen LogP contribution is 2.17. The highest BCUT2D eigenvalue weighted by molar-refractivity contribution is 5.76. The molecule has 1 heterocycles. The molecule has 14 heavy (non-hydrogen) atoms. The van der Waals surface area contributed by atoms with Gasteiger partial charge in [0.15, 0.2) is 0 Å². The van der Waals surface area contributed by atoms with E-state index < -0.39 is 0 Å². The summed E-state index contributed by atoms with van der Waals surface area (Å²) in [5, 5.41) is 0. The highest BCUT2D eigenvalue weighted by Gasteiger charge is 2.05. The van der Waals surface area contributed by atoms with E-state index in [-0.39, 0.29) is 5.69 Å². The molecule has 0 radical (unpaired) electrons. The first-order valence-electron chi connectivity index (χ1n) is 4.53. The van der Waals surface area contributed by atoms with Crippen LogP contribution in [0.25, 0.3) is 11.0 Å². The summed E-state index contributed by atoms with van der Waals surface area (Å²) in [6, 6.07) is 5.54. The number of nitrogens with one attached hydrogen (secondary N) is 1. The van der Waals surface area contributed by atoms with Gasteiger partial charge in [0.05, 0.1) is 18.1 Å².